The Morgan fingerprint density at radius 3 is 2.48 bits per heavy atom. The van der Waals surface area contributed by atoms with Gasteiger partial charge in [0.2, 0.25) is 0 Å². The number of aryl methyl sites for hydroxylation is 1. The van der Waals surface area contributed by atoms with Gasteiger partial charge in [-0.3, -0.25) is 20.4 Å². The van der Waals surface area contributed by atoms with E-state index in [2.05, 4.69) is 10.9 Å². The number of carbonyl (C=O) groups is 2. The van der Waals surface area contributed by atoms with Gasteiger partial charge in [0.25, 0.3) is 11.8 Å². The SMILES string of the molecule is Cc1ccc(S[C@@H](C)C(=O)NNC(=O)COc2ccccc2Cl)cc1. The summed E-state index contributed by atoms with van der Waals surface area (Å²) in [5, 5.41) is 0.0648. The second kappa shape index (κ2) is 9.34. The number of ether oxygens (including phenoxy) is 1. The molecule has 0 fully saturated rings. The highest BCUT2D eigenvalue weighted by molar-refractivity contribution is 8.00. The third-order valence-corrected chi connectivity index (χ3v) is 4.65. The Hall–Kier alpha value is -2.18. The number of para-hydroxylation sites is 1. The molecule has 2 amide bonds. The van der Waals surface area contributed by atoms with Gasteiger partial charge in [0.05, 0.1) is 10.3 Å². The van der Waals surface area contributed by atoms with E-state index in [-0.39, 0.29) is 17.8 Å². The van der Waals surface area contributed by atoms with E-state index in [0.29, 0.717) is 10.8 Å². The van der Waals surface area contributed by atoms with E-state index in [1.54, 1.807) is 31.2 Å². The highest BCUT2D eigenvalue weighted by Crippen LogP contribution is 2.24. The normalized spacial score (nSPS) is 11.5. The van der Waals surface area contributed by atoms with Crippen molar-refractivity contribution in [1.29, 1.82) is 0 Å². The number of hydrazine groups is 1. The fourth-order valence-corrected chi connectivity index (χ4v) is 2.91. The molecule has 5 nitrogen and oxygen atoms in total. The van der Waals surface area contributed by atoms with Crippen LogP contribution in [0.2, 0.25) is 5.02 Å². The third-order valence-electron chi connectivity index (χ3n) is 3.22. The maximum Gasteiger partial charge on any atom is 0.276 e. The monoisotopic (exact) mass is 378 g/mol. The zero-order valence-electron chi connectivity index (χ0n) is 13.9. The Balaban J connectivity index is 1.74. The van der Waals surface area contributed by atoms with Gasteiger partial charge in [-0.25, -0.2) is 0 Å². The molecule has 0 aliphatic heterocycles. The van der Waals surface area contributed by atoms with Crippen LogP contribution in [0.4, 0.5) is 0 Å². The number of amides is 2. The maximum atomic E-state index is 12.0. The zero-order valence-corrected chi connectivity index (χ0v) is 15.5. The Labute approximate surface area is 156 Å². The summed E-state index contributed by atoms with van der Waals surface area (Å²) in [5.74, 6) is -0.355. The number of hydrogen-bond donors (Lipinski definition) is 2. The van der Waals surface area contributed by atoms with Gasteiger partial charge in [0, 0.05) is 4.90 Å². The van der Waals surface area contributed by atoms with E-state index in [9.17, 15) is 9.59 Å². The highest BCUT2D eigenvalue weighted by atomic mass is 35.5. The molecule has 0 spiro atoms. The average Bonchev–Trinajstić information content (AvgIpc) is 2.60. The van der Waals surface area contributed by atoms with E-state index in [1.165, 1.54) is 11.8 Å². The number of halogens is 1. The Kier molecular flexibility index (Phi) is 7.16. The molecule has 25 heavy (non-hydrogen) atoms. The lowest BCUT2D eigenvalue weighted by Gasteiger charge is -2.13. The molecular weight excluding hydrogens is 360 g/mol. The summed E-state index contributed by atoms with van der Waals surface area (Å²) < 4.78 is 5.30. The first kappa shape index (κ1) is 19.1. The predicted molar refractivity (Wildman–Crippen MR) is 99.7 cm³/mol. The number of nitrogens with one attached hydrogen (secondary N) is 2. The van der Waals surface area contributed by atoms with Crippen molar-refractivity contribution in [1.82, 2.24) is 10.9 Å². The van der Waals surface area contributed by atoms with Crippen molar-refractivity contribution in [2.45, 2.75) is 24.0 Å². The van der Waals surface area contributed by atoms with E-state index < -0.39 is 5.91 Å². The lowest BCUT2D eigenvalue weighted by molar-refractivity contribution is -0.129. The summed E-state index contributed by atoms with van der Waals surface area (Å²) in [7, 11) is 0. The molecule has 0 radical (unpaired) electrons. The van der Waals surface area contributed by atoms with Crippen LogP contribution >= 0.6 is 23.4 Å². The molecule has 0 saturated heterocycles. The molecule has 0 aliphatic rings. The number of thioether (sulfide) groups is 1. The first-order valence-corrected chi connectivity index (χ1v) is 8.91. The zero-order chi connectivity index (χ0) is 18.2. The van der Waals surface area contributed by atoms with Gasteiger partial charge in [-0.15, -0.1) is 11.8 Å². The fraction of sp³-hybridized carbons (Fsp3) is 0.222. The summed E-state index contributed by atoms with van der Waals surface area (Å²) in [5.41, 5.74) is 5.88. The highest BCUT2D eigenvalue weighted by Gasteiger charge is 2.15. The molecule has 7 heteroatoms. The maximum absolute atomic E-state index is 12.0. The summed E-state index contributed by atoms with van der Waals surface area (Å²) in [6, 6.07) is 14.7. The fourth-order valence-electron chi connectivity index (χ4n) is 1.85. The Morgan fingerprint density at radius 2 is 1.80 bits per heavy atom. The summed E-state index contributed by atoms with van der Waals surface area (Å²) in [4.78, 5) is 24.8. The van der Waals surface area contributed by atoms with Crippen LogP contribution in [0.25, 0.3) is 0 Å². The van der Waals surface area contributed by atoms with Crippen LogP contribution in [0.15, 0.2) is 53.4 Å². The number of hydrogen-bond acceptors (Lipinski definition) is 4. The standard InChI is InChI=1S/C18H19ClN2O3S/c1-12-7-9-14(10-8-12)25-13(2)18(23)21-20-17(22)11-24-16-6-4-3-5-15(16)19/h3-10,13H,11H2,1-2H3,(H,20,22)(H,21,23)/t13-/m0/s1. The van der Waals surface area contributed by atoms with Crippen LogP contribution in [0.1, 0.15) is 12.5 Å². The molecule has 2 aromatic carbocycles. The summed E-state index contributed by atoms with van der Waals surface area (Å²) >= 11 is 7.35. The molecular formula is C18H19ClN2O3S. The van der Waals surface area contributed by atoms with Crippen molar-refractivity contribution in [3.05, 3.63) is 59.1 Å². The average molecular weight is 379 g/mol. The van der Waals surface area contributed by atoms with Crippen molar-refractivity contribution in [3.8, 4) is 5.75 Å². The van der Waals surface area contributed by atoms with Crippen LogP contribution in [0.5, 0.6) is 5.75 Å². The number of benzene rings is 2. The van der Waals surface area contributed by atoms with E-state index in [0.717, 1.165) is 10.5 Å². The molecule has 0 bridgehead atoms. The van der Waals surface area contributed by atoms with Gasteiger partial charge in [0.1, 0.15) is 5.75 Å². The molecule has 0 aromatic heterocycles. The molecule has 132 valence electrons. The van der Waals surface area contributed by atoms with Crippen molar-refractivity contribution in [2.75, 3.05) is 6.61 Å². The minimum Gasteiger partial charge on any atom is -0.482 e. The van der Waals surface area contributed by atoms with Gasteiger partial charge in [-0.2, -0.15) is 0 Å². The Morgan fingerprint density at radius 1 is 1.12 bits per heavy atom. The topological polar surface area (TPSA) is 67.4 Å². The first-order valence-electron chi connectivity index (χ1n) is 7.65. The van der Waals surface area contributed by atoms with E-state index >= 15 is 0 Å². The lowest BCUT2D eigenvalue weighted by Crippen LogP contribution is -2.46. The summed E-state index contributed by atoms with van der Waals surface area (Å²) in [6.07, 6.45) is 0. The van der Waals surface area contributed by atoms with Gasteiger partial charge in [-0.1, -0.05) is 41.4 Å². The van der Waals surface area contributed by atoms with Crippen molar-refractivity contribution in [2.24, 2.45) is 0 Å². The molecule has 2 rings (SSSR count). The number of carbonyl (C=O) groups excluding carboxylic acids is 2. The first-order chi connectivity index (χ1) is 12.0. The minimum atomic E-state index is -0.471. The van der Waals surface area contributed by atoms with Crippen LogP contribution in [-0.2, 0) is 9.59 Å². The predicted octanol–water partition coefficient (Wildman–Crippen LogP) is 3.36. The van der Waals surface area contributed by atoms with E-state index in [1.807, 2.05) is 31.2 Å². The molecule has 0 heterocycles. The number of rotatable bonds is 6. The van der Waals surface area contributed by atoms with Crippen molar-refractivity contribution in [3.63, 3.8) is 0 Å². The van der Waals surface area contributed by atoms with Crippen LogP contribution < -0.4 is 15.6 Å². The van der Waals surface area contributed by atoms with Gasteiger partial charge in [0.15, 0.2) is 6.61 Å². The molecule has 1 atom stereocenters. The molecule has 0 aliphatic carbocycles. The second-order valence-corrected chi connectivity index (χ2v) is 7.15. The minimum absolute atomic E-state index is 0.247. The quantitative estimate of drug-likeness (QED) is 0.597. The van der Waals surface area contributed by atoms with Gasteiger partial charge in [-0.05, 0) is 38.1 Å². The van der Waals surface area contributed by atoms with Gasteiger partial charge >= 0.3 is 0 Å². The third kappa shape index (κ3) is 6.32. The molecule has 0 saturated carbocycles. The van der Waals surface area contributed by atoms with Crippen molar-refractivity contribution < 1.29 is 14.3 Å². The van der Waals surface area contributed by atoms with Gasteiger partial charge < -0.3 is 4.74 Å². The van der Waals surface area contributed by atoms with Crippen LogP contribution in [0.3, 0.4) is 0 Å². The van der Waals surface area contributed by atoms with Crippen molar-refractivity contribution >= 4 is 35.2 Å². The van der Waals surface area contributed by atoms with E-state index in [4.69, 9.17) is 16.3 Å². The largest absolute Gasteiger partial charge is 0.482 e. The lowest BCUT2D eigenvalue weighted by atomic mass is 10.2. The van der Waals surface area contributed by atoms with Crippen LogP contribution in [0, 0.1) is 6.92 Å². The molecule has 2 N–H and O–H groups in total. The van der Waals surface area contributed by atoms with Crippen LogP contribution in [-0.4, -0.2) is 23.7 Å². The molecule has 2 aromatic rings. The second-order valence-electron chi connectivity index (χ2n) is 5.33. The smallest absolute Gasteiger partial charge is 0.276 e. The summed E-state index contributed by atoms with van der Waals surface area (Å²) in [6.45, 7) is 3.53. The molecule has 0 unspecified atom stereocenters. The Bertz CT molecular complexity index is 737.